The van der Waals surface area contributed by atoms with Crippen molar-refractivity contribution in [2.45, 2.75) is 78.1 Å². The van der Waals surface area contributed by atoms with E-state index < -0.39 is 0 Å². The van der Waals surface area contributed by atoms with Crippen molar-refractivity contribution in [3.63, 3.8) is 0 Å². The summed E-state index contributed by atoms with van der Waals surface area (Å²) in [5.41, 5.74) is 4.54. The van der Waals surface area contributed by atoms with Gasteiger partial charge in [0.1, 0.15) is 11.4 Å². The Labute approximate surface area is 175 Å². The lowest BCUT2D eigenvalue weighted by molar-refractivity contribution is 0.665. The van der Waals surface area contributed by atoms with E-state index in [1.54, 1.807) is 0 Å². The molecule has 0 aliphatic rings. The normalized spacial score (nSPS) is 11.1. The van der Waals surface area contributed by atoms with Crippen molar-refractivity contribution in [2.75, 3.05) is 0 Å². The zero-order valence-corrected chi connectivity index (χ0v) is 19.2. The predicted octanol–water partition coefficient (Wildman–Crippen LogP) is 7.91. The lowest BCUT2D eigenvalue weighted by atomic mass is 10.0. The van der Waals surface area contributed by atoms with E-state index in [0.717, 1.165) is 33.2 Å². The average Bonchev–Trinajstić information content (AvgIpc) is 2.65. The fourth-order valence-electron chi connectivity index (χ4n) is 3.17. The van der Waals surface area contributed by atoms with Crippen LogP contribution in [0.3, 0.4) is 0 Å². The van der Waals surface area contributed by atoms with Gasteiger partial charge in [0.2, 0.25) is 0 Å². The summed E-state index contributed by atoms with van der Waals surface area (Å²) >= 11 is 7.59. The molecule has 2 rings (SSSR count). The Kier molecular flexibility index (Phi) is 9.84. The van der Waals surface area contributed by atoms with E-state index in [2.05, 4.69) is 67.8 Å². The Morgan fingerprint density at radius 2 is 1.08 bits per heavy atom. The van der Waals surface area contributed by atoms with Gasteiger partial charge in [-0.25, -0.2) is 0 Å². The number of aryl methyl sites for hydroxylation is 2. The molecule has 4 heteroatoms. The van der Waals surface area contributed by atoms with Crippen LogP contribution in [0.1, 0.15) is 76.3 Å². The Hall–Kier alpha value is -0.740. The van der Waals surface area contributed by atoms with Crippen LogP contribution in [0, 0.1) is 0 Å². The molecule has 2 aromatic heterocycles. The van der Waals surface area contributed by atoms with E-state index in [9.17, 15) is 0 Å². The van der Waals surface area contributed by atoms with Gasteiger partial charge in [0, 0.05) is 21.3 Å². The van der Waals surface area contributed by atoms with E-state index in [1.807, 2.05) is 12.4 Å². The van der Waals surface area contributed by atoms with Crippen LogP contribution in [0.4, 0.5) is 0 Å². The predicted molar refractivity (Wildman–Crippen MR) is 119 cm³/mol. The van der Waals surface area contributed by atoms with Crippen LogP contribution in [0.25, 0.3) is 11.4 Å². The van der Waals surface area contributed by atoms with Gasteiger partial charge in [-0.15, -0.1) is 0 Å². The highest BCUT2D eigenvalue weighted by Crippen LogP contribution is 2.35. The van der Waals surface area contributed by atoms with Crippen LogP contribution >= 0.6 is 31.9 Å². The highest BCUT2D eigenvalue weighted by atomic mass is 79.9. The third-order valence-electron chi connectivity index (χ3n) is 4.76. The third-order valence-corrected chi connectivity index (χ3v) is 6.53. The summed E-state index contributed by atoms with van der Waals surface area (Å²) in [5, 5.41) is 0. The van der Waals surface area contributed by atoms with E-state index in [4.69, 9.17) is 0 Å². The van der Waals surface area contributed by atoms with Gasteiger partial charge in [0.15, 0.2) is 0 Å². The second kappa shape index (κ2) is 11.9. The van der Waals surface area contributed by atoms with E-state index in [-0.39, 0.29) is 0 Å². The standard InChI is InChI=1S/C22H30Br2N2/c1-3-5-7-9-11-17-13-15-25-21(19(17)23)22-20(24)18(14-16-26-22)12-10-8-6-4-2/h13-16H,3-12H2,1-2H3. The summed E-state index contributed by atoms with van der Waals surface area (Å²) in [6.07, 6.45) is 16.2. The van der Waals surface area contributed by atoms with E-state index >= 15 is 0 Å². The molecule has 0 atom stereocenters. The highest BCUT2D eigenvalue weighted by Gasteiger charge is 2.15. The van der Waals surface area contributed by atoms with Gasteiger partial charge in [-0.05, 0) is 80.8 Å². The molecule has 2 nitrogen and oxygen atoms in total. The minimum absolute atomic E-state index is 0.945. The zero-order chi connectivity index (χ0) is 18.8. The van der Waals surface area contributed by atoms with Crippen LogP contribution in [0.2, 0.25) is 0 Å². The Morgan fingerprint density at radius 3 is 1.46 bits per heavy atom. The van der Waals surface area contributed by atoms with Crippen LogP contribution in [0.5, 0.6) is 0 Å². The number of rotatable bonds is 11. The van der Waals surface area contributed by atoms with Gasteiger partial charge < -0.3 is 0 Å². The van der Waals surface area contributed by atoms with Crippen molar-refractivity contribution >= 4 is 31.9 Å². The molecule has 0 aliphatic heterocycles. The zero-order valence-electron chi connectivity index (χ0n) is 16.0. The average molecular weight is 482 g/mol. The molecule has 0 saturated heterocycles. The smallest absolute Gasteiger partial charge is 0.104 e. The minimum atomic E-state index is 0.945. The molecule has 0 N–H and O–H groups in total. The Morgan fingerprint density at radius 1 is 0.654 bits per heavy atom. The first kappa shape index (κ1) is 21.6. The molecule has 0 fully saturated rings. The van der Waals surface area contributed by atoms with Crippen molar-refractivity contribution in [1.82, 2.24) is 9.97 Å². The maximum Gasteiger partial charge on any atom is 0.104 e. The molecule has 0 radical (unpaired) electrons. The van der Waals surface area contributed by atoms with E-state index in [1.165, 1.54) is 62.5 Å². The van der Waals surface area contributed by atoms with E-state index in [0.29, 0.717) is 0 Å². The SMILES string of the molecule is CCCCCCc1ccnc(-c2nccc(CCCCCC)c2Br)c1Br. The quantitative estimate of drug-likeness (QED) is 0.304. The molecule has 0 unspecified atom stereocenters. The summed E-state index contributed by atoms with van der Waals surface area (Å²) in [4.78, 5) is 9.25. The number of hydrogen-bond donors (Lipinski definition) is 0. The summed E-state index contributed by atoms with van der Waals surface area (Å²) in [6.45, 7) is 4.50. The maximum atomic E-state index is 4.63. The first-order chi connectivity index (χ1) is 12.7. The molecule has 2 heterocycles. The molecule has 0 bridgehead atoms. The molecule has 0 aromatic carbocycles. The number of unbranched alkanes of at least 4 members (excludes halogenated alkanes) is 6. The van der Waals surface area contributed by atoms with Gasteiger partial charge in [0.25, 0.3) is 0 Å². The summed E-state index contributed by atoms with van der Waals surface area (Å²) in [7, 11) is 0. The molecule has 0 aliphatic carbocycles. The fourth-order valence-corrected chi connectivity index (χ4v) is 4.41. The number of aromatic nitrogens is 2. The summed E-state index contributed by atoms with van der Waals surface area (Å²) in [6, 6.07) is 4.25. The van der Waals surface area contributed by atoms with Crippen molar-refractivity contribution in [1.29, 1.82) is 0 Å². The first-order valence-corrected chi connectivity index (χ1v) is 11.5. The molecular weight excluding hydrogens is 452 g/mol. The third kappa shape index (κ3) is 6.16. The largest absolute Gasteiger partial charge is 0.253 e. The lowest BCUT2D eigenvalue weighted by Gasteiger charge is -2.12. The number of halogens is 2. The van der Waals surface area contributed by atoms with Gasteiger partial charge >= 0.3 is 0 Å². The second-order valence-corrected chi connectivity index (χ2v) is 8.47. The molecule has 0 spiro atoms. The molecule has 0 amide bonds. The fraction of sp³-hybridized carbons (Fsp3) is 0.545. The topological polar surface area (TPSA) is 25.8 Å². The maximum absolute atomic E-state index is 4.63. The molecule has 0 saturated carbocycles. The Balaban J connectivity index is 2.17. The van der Waals surface area contributed by atoms with Crippen LogP contribution < -0.4 is 0 Å². The lowest BCUT2D eigenvalue weighted by Crippen LogP contribution is -1.98. The van der Waals surface area contributed by atoms with Crippen molar-refractivity contribution < 1.29 is 0 Å². The van der Waals surface area contributed by atoms with Crippen LogP contribution in [-0.4, -0.2) is 9.97 Å². The summed E-state index contributed by atoms with van der Waals surface area (Å²) < 4.78 is 2.18. The number of pyridine rings is 2. The van der Waals surface area contributed by atoms with Crippen molar-refractivity contribution in [3.05, 3.63) is 44.6 Å². The molecule has 2 aromatic rings. The minimum Gasteiger partial charge on any atom is -0.253 e. The molecular formula is C22H30Br2N2. The number of nitrogens with zero attached hydrogens (tertiary/aromatic N) is 2. The molecule has 142 valence electrons. The van der Waals surface area contributed by atoms with Gasteiger partial charge in [-0.1, -0.05) is 52.4 Å². The second-order valence-electron chi connectivity index (χ2n) is 6.89. The monoisotopic (exact) mass is 480 g/mol. The molecule has 26 heavy (non-hydrogen) atoms. The number of hydrogen-bond acceptors (Lipinski definition) is 2. The van der Waals surface area contributed by atoms with Gasteiger partial charge in [-0.3, -0.25) is 9.97 Å². The van der Waals surface area contributed by atoms with Gasteiger partial charge in [0.05, 0.1) is 0 Å². The van der Waals surface area contributed by atoms with Crippen molar-refractivity contribution in [2.24, 2.45) is 0 Å². The van der Waals surface area contributed by atoms with Crippen LogP contribution in [0.15, 0.2) is 33.5 Å². The van der Waals surface area contributed by atoms with Gasteiger partial charge in [-0.2, -0.15) is 0 Å². The van der Waals surface area contributed by atoms with Crippen LogP contribution in [-0.2, 0) is 12.8 Å². The van der Waals surface area contributed by atoms with Crippen molar-refractivity contribution in [3.8, 4) is 11.4 Å². The Bertz CT molecular complexity index is 626. The first-order valence-electron chi connectivity index (χ1n) is 9.96. The highest BCUT2D eigenvalue weighted by molar-refractivity contribution is 9.11. The summed E-state index contributed by atoms with van der Waals surface area (Å²) in [5.74, 6) is 0.